The molecule has 0 spiro atoms. The lowest BCUT2D eigenvalue weighted by Crippen LogP contribution is -2.24. The number of carbonyl (C=O) groups excluding carboxylic acids is 1. The number of aromatic nitrogens is 1. The van der Waals surface area contributed by atoms with Crippen molar-refractivity contribution >= 4 is 23.4 Å². The summed E-state index contributed by atoms with van der Waals surface area (Å²) in [6.45, 7) is 0.120. The topological polar surface area (TPSA) is 53.4 Å². The maximum atomic E-state index is 13.5. The fourth-order valence-electron chi connectivity index (χ4n) is 2.66. The Bertz CT molecular complexity index is 796. The van der Waals surface area contributed by atoms with Gasteiger partial charge >= 0.3 is 6.18 Å². The smallest absolute Gasteiger partial charge is 0.392 e. The van der Waals surface area contributed by atoms with E-state index in [1.165, 1.54) is 23.2 Å². The van der Waals surface area contributed by atoms with E-state index in [0.717, 1.165) is 17.8 Å². The molecule has 132 valence electrons. The van der Waals surface area contributed by atoms with E-state index in [1.54, 1.807) is 12.1 Å². The van der Waals surface area contributed by atoms with Crippen LogP contribution in [0.1, 0.15) is 24.0 Å². The molecule has 0 unspecified atom stereocenters. The Labute approximate surface area is 146 Å². The number of carbonyl (C=O) groups is 1. The van der Waals surface area contributed by atoms with Crippen molar-refractivity contribution in [1.82, 2.24) is 4.98 Å². The molecule has 2 heterocycles. The van der Waals surface area contributed by atoms with Crippen molar-refractivity contribution in [3.05, 3.63) is 47.7 Å². The first-order valence-corrected chi connectivity index (χ1v) is 8.46. The van der Waals surface area contributed by atoms with Crippen LogP contribution in [-0.2, 0) is 17.6 Å². The maximum absolute atomic E-state index is 13.5. The molecular formula is C17H15F3N2O2S. The third kappa shape index (κ3) is 3.80. The van der Waals surface area contributed by atoms with Crippen molar-refractivity contribution in [2.45, 2.75) is 35.5 Å². The molecule has 0 bridgehead atoms. The number of rotatable bonds is 4. The summed E-state index contributed by atoms with van der Waals surface area (Å²) < 4.78 is 40.5. The molecule has 8 heteroatoms. The number of alkyl halides is 3. The van der Waals surface area contributed by atoms with Crippen molar-refractivity contribution in [1.29, 1.82) is 0 Å². The van der Waals surface area contributed by atoms with Crippen LogP contribution in [0.15, 0.2) is 46.5 Å². The van der Waals surface area contributed by atoms with Crippen molar-refractivity contribution < 1.29 is 23.1 Å². The molecule has 1 amide bonds. The quantitative estimate of drug-likeness (QED) is 0.890. The molecule has 1 aromatic carbocycles. The van der Waals surface area contributed by atoms with Crippen molar-refractivity contribution in [2.24, 2.45) is 0 Å². The Hall–Kier alpha value is -2.06. The van der Waals surface area contributed by atoms with E-state index in [2.05, 4.69) is 4.98 Å². The molecule has 0 radical (unpaired) electrons. The summed E-state index contributed by atoms with van der Waals surface area (Å²) in [5, 5.41) is 9.64. The molecule has 1 aliphatic rings. The van der Waals surface area contributed by atoms with Gasteiger partial charge in [0.25, 0.3) is 0 Å². The predicted molar refractivity (Wildman–Crippen MR) is 87.3 cm³/mol. The number of benzene rings is 1. The van der Waals surface area contributed by atoms with Crippen LogP contribution >= 0.6 is 11.8 Å². The number of halogens is 3. The molecule has 4 nitrogen and oxygen atoms in total. The van der Waals surface area contributed by atoms with Gasteiger partial charge in [0.05, 0.1) is 12.2 Å². The van der Waals surface area contributed by atoms with Gasteiger partial charge in [-0.3, -0.25) is 4.79 Å². The highest BCUT2D eigenvalue weighted by Gasteiger charge is 2.35. The van der Waals surface area contributed by atoms with Gasteiger partial charge in [-0.05, 0) is 30.7 Å². The number of amides is 1. The minimum Gasteiger partial charge on any atom is -0.392 e. The Morgan fingerprint density at radius 3 is 2.72 bits per heavy atom. The SMILES string of the molecule is O=C1CCCN1c1ccc(Sc2ncccc2CO)c(C(F)(F)F)c1. The van der Waals surface area contributed by atoms with E-state index in [4.69, 9.17) is 0 Å². The van der Waals surface area contributed by atoms with Crippen molar-refractivity contribution in [3.8, 4) is 0 Å². The molecule has 3 rings (SSSR count). The van der Waals surface area contributed by atoms with Gasteiger partial charge in [0.2, 0.25) is 5.91 Å². The molecule has 0 aliphatic carbocycles. The summed E-state index contributed by atoms with van der Waals surface area (Å²) >= 11 is 0.850. The normalized spacial score (nSPS) is 15.0. The monoisotopic (exact) mass is 368 g/mol. The summed E-state index contributed by atoms with van der Waals surface area (Å²) in [6.07, 6.45) is -2.10. The van der Waals surface area contributed by atoms with E-state index in [-0.39, 0.29) is 23.1 Å². The first-order chi connectivity index (χ1) is 11.9. The number of aliphatic hydroxyl groups is 1. The van der Waals surface area contributed by atoms with Gasteiger partial charge in [0, 0.05) is 35.3 Å². The zero-order valence-corrected chi connectivity index (χ0v) is 13.9. The van der Waals surface area contributed by atoms with E-state index < -0.39 is 11.7 Å². The number of nitrogens with zero attached hydrogens (tertiary/aromatic N) is 2. The highest BCUT2D eigenvalue weighted by Crippen LogP contribution is 2.42. The minimum absolute atomic E-state index is 0.0173. The van der Waals surface area contributed by atoms with Crippen molar-refractivity contribution in [3.63, 3.8) is 0 Å². The Morgan fingerprint density at radius 1 is 1.28 bits per heavy atom. The van der Waals surface area contributed by atoms with Gasteiger partial charge in [-0.1, -0.05) is 17.8 Å². The van der Waals surface area contributed by atoms with Gasteiger partial charge in [-0.15, -0.1) is 0 Å². The molecule has 1 fully saturated rings. The third-order valence-electron chi connectivity index (χ3n) is 3.88. The molecule has 2 aromatic rings. The molecule has 25 heavy (non-hydrogen) atoms. The second-order valence-electron chi connectivity index (χ2n) is 5.56. The summed E-state index contributed by atoms with van der Waals surface area (Å²) in [6, 6.07) is 7.10. The Kier molecular flexibility index (Phi) is 5.01. The van der Waals surface area contributed by atoms with Gasteiger partial charge in [0.15, 0.2) is 0 Å². The Balaban J connectivity index is 2.00. The molecule has 0 atom stereocenters. The van der Waals surface area contributed by atoms with E-state index in [0.29, 0.717) is 30.0 Å². The largest absolute Gasteiger partial charge is 0.417 e. The summed E-state index contributed by atoms with van der Waals surface area (Å²) in [5.74, 6) is -0.166. The van der Waals surface area contributed by atoms with E-state index >= 15 is 0 Å². The van der Waals surface area contributed by atoms with Crippen LogP contribution < -0.4 is 4.90 Å². The summed E-state index contributed by atoms with van der Waals surface area (Å²) in [5.41, 5.74) is -0.105. The average molecular weight is 368 g/mol. The first-order valence-electron chi connectivity index (χ1n) is 7.64. The van der Waals surface area contributed by atoms with Gasteiger partial charge in [-0.2, -0.15) is 13.2 Å². The molecule has 1 saturated heterocycles. The summed E-state index contributed by atoms with van der Waals surface area (Å²) in [4.78, 5) is 17.2. The number of hydrogen-bond donors (Lipinski definition) is 1. The van der Waals surface area contributed by atoms with E-state index in [1.807, 2.05) is 0 Å². The highest BCUT2D eigenvalue weighted by molar-refractivity contribution is 7.99. The molecule has 0 saturated carbocycles. The van der Waals surface area contributed by atoms with Crippen LogP contribution in [0.3, 0.4) is 0 Å². The first kappa shape index (κ1) is 17.8. The third-order valence-corrected chi connectivity index (χ3v) is 5.02. The molecule has 1 aromatic heterocycles. The van der Waals surface area contributed by atoms with E-state index in [9.17, 15) is 23.1 Å². The minimum atomic E-state index is -4.56. The van der Waals surface area contributed by atoms with Crippen LogP contribution in [0.4, 0.5) is 18.9 Å². The van der Waals surface area contributed by atoms with Gasteiger partial charge in [-0.25, -0.2) is 4.98 Å². The van der Waals surface area contributed by atoms with Crippen LogP contribution in [0.5, 0.6) is 0 Å². The zero-order valence-electron chi connectivity index (χ0n) is 13.1. The Morgan fingerprint density at radius 2 is 2.08 bits per heavy atom. The molecule has 1 N–H and O–H groups in total. The van der Waals surface area contributed by atoms with Gasteiger partial charge < -0.3 is 10.0 Å². The zero-order chi connectivity index (χ0) is 18.0. The summed E-state index contributed by atoms with van der Waals surface area (Å²) in [7, 11) is 0. The fraction of sp³-hybridized carbons (Fsp3) is 0.294. The highest BCUT2D eigenvalue weighted by atomic mass is 32.2. The maximum Gasteiger partial charge on any atom is 0.417 e. The second kappa shape index (κ2) is 7.05. The van der Waals surface area contributed by atoms with Crippen molar-refractivity contribution in [2.75, 3.05) is 11.4 Å². The molecular weight excluding hydrogens is 353 g/mol. The molecule has 1 aliphatic heterocycles. The number of anilines is 1. The average Bonchev–Trinajstić information content (AvgIpc) is 3.01. The van der Waals surface area contributed by atoms with Crippen LogP contribution in [0.25, 0.3) is 0 Å². The van der Waals surface area contributed by atoms with Gasteiger partial charge in [0.1, 0.15) is 5.03 Å². The number of aliphatic hydroxyl groups excluding tert-OH is 1. The lowest BCUT2D eigenvalue weighted by atomic mass is 10.2. The predicted octanol–water partition coefficient (Wildman–Crippen LogP) is 3.87. The second-order valence-corrected chi connectivity index (χ2v) is 6.59. The van der Waals surface area contributed by atoms with Crippen LogP contribution in [0, 0.1) is 0 Å². The van der Waals surface area contributed by atoms with Crippen LogP contribution in [-0.4, -0.2) is 22.5 Å². The van der Waals surface area contributed by atoms with Crippen LogP contribution in [0.2, 0.25) is 0 Å². The lowest BCUT2D eigenvalue weighted by molar-refractivity contribution is -0.139. The standard InChI is InChI=1S/C17H15F3N2O2S/c18-17(19,20)13-9-12(22-8-2-4-15(22)24)5-6-14(13)25-16-11(10-23)3-1-7-21-16/h1,3,5-7,9,23H,2,4,8,10H2. The fourth-order valence-corrected chi connectivity index (χ4v) is 3.66. The lowest BCUT2D eigenvalue weighted by Gasteiger charge is -2.20. The number of hydrogen-bond acceptors (Lipinski definition) is 4. The number of pyridine rings is 1.